The summed E-state index contributed by atoms with van der Waals surface area (Å²) in [6.45, 7) is 2.27. The van der Waals surface area contributed by atoms with Crippen molar-refractivity contribution < 1.29 is 9.90 Å². The zero-order valence-electron chi connectivity index (χ0n) is 11.3. The van der Waals surface area contributed by atoms with Gasteiger partial charge in [-0.05, 0) is 18.9 Å². The Hall–Kier alpha value is -1.46. The van der Waals surface area contributed by atoms with Crippen molar-refractivity contribution in [3.8, 4) is 0 Å². The number of likely N-dealkylation sites (N-methyl/N-ethyl adjacent to an activating group) is 1. The molecule has 0 aliphatic rings. The highest BCUT2D eigenvalue weighted by Crippen LogP contribution is 2.07. The van der Waals surface area contributed by atoms with Crippen LogP contribution in [-0.4, -0.2) is 40.6 Å². The van der Waals surface area contributed by atoms with Gasteiger partial charge in [-0.1, -0.05) is 36.5 Å². The van der Waals surface area contributed by atoms with E-state index in [1.54, 1.807) is 18.9 Å². The predicted molar refractivity (Wildman–Crippen MR) is 80.0 cm³/mol. The van der Waals surface area contributed by atoms with Crippen LogP contribution in [0.25, 0.3) is 0 Å². The lowest BCUT2D eigenvalue weighted by Gasteiger charge is -2.18. The number of aliphatic hydroxyl groups is 1. The van der Waals surface area contributed by atoms with Crippen LogP contribution < -0.4 is 5.73 Å². The van der Waals surface area contributed by atoms with Crippen molar-refractivity contribution in [2.75, 3.05) is 13.6 Å². The maximum absolute atomic E-state index is 11.9. The lowest BCUT2D eigenvalue weighted by Crippen LogP contribution is -2.30. The van der Waals surface area contributed by atoms with Crippen LogP contribution in [0.3, 0.4) is 0 Å². The van der Waals surface area contributed by atoms with Gasteiger partial charge in [0.1, 0.15) is 4.99 Å². The molecule has 1 aromatic carbocycles. The van der Waals surface area contributed by atoms with Gasteiger partial charge in [-0.3, -0.25) is 4.79 Å². The van der Waals surface area contributed by atoms with E-state index in [4.69, 9.17) is 18.0 Å². The summed E-state index contributed by atoms with van der Waals surface area (Å²) in [5.74, 6) is 0.0312. The molecule has 0 spiro atoms. The maximum atomic E-state index is 11.9. The van der Waals surface area contributed by atoms with Crippen molar-refractivity contribution in [3.05, 3.63) is 35.4 Å². The highest BCUT2D eigenvalue weighted by Gasteiger charge is 2.10. The third-order valence-electron chi connectivity index (χ3n) is 2.90. The Morgan fingerprint density at radius 1 is 1.42 bits per heavy atom. The third-order valence-corrected chi connectivity index (χ3v) is 3.14. The minimum atomic E-state index is -0.389. The smallest absolute Gasteiger partial charge is 0.226 e. The van der Waals surface area contributed by atoms with E-state index in [-0.39, 0.29) is 12.0 Å². The van der Waals surface area contributed by atoms with Gasteiger partial charge in [-0.25, -0.2) is 0 Å². The molecular weight excluding hydrogens is 260 g/mol. The standard InChI is InChI=1S/C14H20N2O2S/c1-10(17)7-8-16(2)13(18)9-11-3-5-12(6-4-11)14(15)19/h3-6,10,17H,7-9H2,1-2H3,(H2,15,19). The number of nitrogens with zero attached hydrogens (tertiary/aromatic N) is 1. The summed E-state index contributed by atoms with van der Waals surface area (Å²) in [4.78, 5) is 13.9. The summed E-state index contributed by atoms with van der Waals surface area (Å²) in [5, 5.41) is 9.19. The van der Waals surface area contributed by atoms with E-state index in [1.165, 1.54) is 0 Å². The zero-order valence-corrected chi connectivity index (χ0v) is 12.1. The molecule has 0 aromatic heterocycles. The second kappa shape index (κ2) is 7.21. The Bertz CT molecular complexity index is 443. The molecule has 19 heavy (non-hydrogen) atoms. The second-order valence-electron chi connectivity index (χ2n) is 4.69. The van der Waals surface area contributed by atoms with Crippen LogP contribution in [0.15, 0.2) is 24.3 Å². The molecular formula is C14H20N2O2S. The zero-order chi connectivity index (χ0) is 14.4. The van der Waals surface area contributed by atoms with E-state index >= 15 is 0 Å². The summed E-state index contributed by atoms with van der Waals surface area (Å²) >= 11 is 4.87. The van der Waals surface area contributed by atoms with E-state index in [2.05, 4.69) is 0 Å². The van der Waals surface area contributed by atoms with Crippen molar-refractivity contribution in [3.63, 3.8) is 0 Å². The molecule has 1 aromatic rings. The predicted octanol–water partition coefficient (Wildman–Crippen LogP) is 1.09. The van der Waals surface area contributed by atoms with E-state index < -0.39 is 0 Å². The first kappa shape index (κ1) is 15.6. The molecule has 0 saturated carbocycles. The minimum Gasteiger partial charge on any atom is -0.393 e. The Morgan fingerprint density at radius 2 is 2.00 bits per heavy atom. The fourth-order valence-electron chi connectivity index (χ4n) is 1.60. The van der Waals surface area contributed by atoms with Crippen molar-refractivity contribution in [1.29, 1.82) is 0 Å². The van der Waals surface area contributed by atoms with Crippen LogP contribution >= 0.6 is 12.2 Å². The van der Waals surface area contributed by atoms with Crippen molar-refractivity contribution >= 4 is 23.1 Å². The van der Waals surface area contributed by atoms with Crippen molar-refractivity contribution in [2.45, 2.75) is 25.9 Å². The first-order valence-electron chi connectivity index (χ1n) is 6.21. The fraction of sp³-hybridized carbons (Fsp3) is 0.429. The first-order valence-corrected chi connectivity index (χ1v) is 6.61. The molecule has 0 aliphatic heterocycles. The fourth-order valence-corrected chi connectivity index (χ4v) is 1.74. The van der Waals surface area contributed by atoms with Crippen LogP contribution in [0.4, 0.5) is 0 Å². The molecule has 0 radical (unpaired) electrons. The van der Waals surface area contributed by atoms with Gasteiger partial charge in [0, 0.05) is 19.2 Å². The molecule has 0 saturated heterocycles. The topological polar surface area (TPSA) is 66.6 Å². The lowest BCUT2D eigenvalue weighted by atomic mass is 10.1. The number of benzene rings is 1. The number of aliphatic hydroxyl groups excluding tert-OH is 1. The van der Waals surface area contributed by atoms with Gasteiger partial charge >= 0.3 is 0 Å². The van der Waals surface area contributed by atoms with Gasteiger partial charge in [-0.15, -0.1) is 0 Å². The molecule has 104 valence electrons. The number of nitrogens with two attached hydrogens (primary N) is 1. The number of carbonyl (C=O) groups excluding carboxylic acids is 1. The molecule has 0 bridgehead atoms. The molecule has 1 atom stereocenters. The third kappa shape index (κ3) is 5.36. The van der Waals surface area contributed by atoms with Crippen LogP contribution in [0, 0.1) is 0 Å². The Balaban J connectivity index is 2.54. The number of amides is 1. The minimum absolute atomic E-state index is 0.0312. The van der Waals surface area contributed by atoms with E-state index in [0.29, 0.717) is 24.4 Å². The second-order valence-corrected chi connectivity index (χ2v) is 5.13. The molecule has 5 heteroatoms. The summed E-state index contributed by atoms with van der Waals surface area (Å²) < 4.78 is 0. The van der Waals surface area contributed by atoms with Gasteiger partial charge in [0.25, 0.3) is 0 Å². The maximum Gasteiger partial charge on any atom is 0.226 e. The average molecular weight is 280 g/mol. The van der Waals surface area contributed by atoms with Gasteiger partial charge < -0.3 is 15.7 Å². The normalized spacial score (nSPS) is 11.9. The van der Waals surface area contributed by atoms with Crippen LogP contribution in [-0.2, 0) is 11.2 Å². The first-order chi connectivity index (χ1) is 8.90. The van der Waals surface area contributed by atoms with Gasteiger partial charge in [0.15, 0.2) is 0 Å². The molecule has 1 amide bonds. The lowest BCUT2D eigenvalue weighted by molar-refractivity contribution is -0.129. The van der Waals surface area contributed by atoms with Gasteiger partial charge in [-0.2, -0.15) is 0 Å². The molecule has 0 aliphatic carbocycles. The number of thiocarbonyl (C=S) groups is 1. The van der Waals surface area contributed by atoms with Crippen molar-refractivity contribution in [2.24, 2.45) is 5.73 Å². The largest absolute Gasteiger partial charge is 0.393 e. The van der Waals surface area contributed by atoms with E-state index in [0.717, 1.165) is 11.1 Å². The van der Waals surface area contributed by atoms with E-state index in [1.807, 2.05) is 24.3 Å². The summed E-state index contributed by atoms with van der Waals surface area (Å²) in [6.07, 6.45) is 0.538. The highest BCUT2D eigenvalue weighted by atomic mass is 32.1. The van der Waals surface area contributed by atoms with Crippen LogP contribution in [0.5, 0.6) is 0 Å². The van der Waals surface area contributed by atoms with Gasteiger partial charge in [0.2, 0.25) is 5.91 Å². The quantitative estimate of drug-likeness (QED) is 0.766. The Morgan fingerprint density at radius 3 is 2.47 bits per heavy atom. The molecule has 4 nitrogen and oxygen atoms in total. The average Bonchev–Trinajstić information content (AvgIpc) is 2.36. The summed E-state index contributed by atoms with van der Waals surface area (Å²) in [7, 11) is 1.74. The molecule has 0 fully saturated rings. The number of hydrogen-bond donors (Lipinski definition) is 2. The Kier molecular flexibility index (Phi) is 5.92. The Labute approximate surface area is 119 Å². The number of rotatable bonds is 6. The molecule has 3 N–H and O–H groups in total. The number of hydrogen-bond acceptors (Lipinski definition) is 3. The monoisotopic (exact) mass is 280 g/mol. The van der Waals surface area contributed by atoms with Gasteiger partial charge in [0.05, 0.1) is 12.5 Å². The van der Waals surface area contributed by atoms with Crippen LogP contribution in [0.2, 0.25) is 0 Å². The summed E-state index contributed by atoms with van der Waals surface area (Å²) in [6, 6.07) is 7.35. The summed E-state index contributed by atoms with van der Waals surface area (Å²) in [5.41, 5.74) is 7.24. The molecule has 1 unspecified atom stereocenters. The highest BCUT2D eigenvalue weighted by molar-refractivity contribution is 7.80. The van der Waals surface area contributed by atoms with Crippen LogP contribution in [0.1, 0.15) is 24.5 Å². The van der Waals surface area contributed by atoms with Crippen molar-refractivity contribution in [1.82, 2.24) is 4.90 Å². The van der Waals surface area contributed by atoms with E-state index in [9.17, 15) is 9.90 Å². The molecule has 0 heterocycles. The number of carbonyl (C=O) groups is 1. The SMILES string of the molecule is CC(O)CCN(C)C(=O)Cc1ccc(C(N)=S)cc1. The molecule has 1 rings (SSSR count).